The smallest absolute Gasteiger partial charge is 0.225 e. The molecule has 0 radical (unpaired) electrons. The number of rotatable bonds is 7. The largest absolute Gasteiger partial charge is 0.491 e. The first-order valence-corrected chi connectivity index (χ1v) is 7.62. The van der Waals surface area contributed by atoms with Crippen molar-refractivity contribution in [1.82, 2.24) is 5.32 Å². The lowest BCUT2D eigenvalue weighted by atomic mass is 9.94. The fraction of sp³-hybridized carbons (Fsp3) is 0.588. The van der Waals surface area contributed by atoms with Gasteiger partial charge in [0, 0.05) is 6.54 Å². The minimum absolute atomic E-state index is 0.0162. The lowest BCUT2D eigenvalue weighted by Gasteiger charge is -2.22. The van der Waals surface area contributed by atoms with Crippen LogP contribution in [0.1, 0.15) is 46.2 Å². The quantitative estimate of drug-likeness (QED) is 0.812. The molecule has 3 N–H and O–H groups in total. The highest BCUT2D eigenvalue weighted by molar-refractivity contribution is 5.79. The molecule has 0 aliphatic rings. The predicted molar refractivity (Wildman–Crippen MR) is 86.1 cm³/mol. The topological polar surface area (TPSA) is 64.3 Å². The van der Waals surface area contributed by atoms with E-state index in [1.165, 1.54) is 0 Å². The molecule has 2 atom stereocenters. The summed E-state index contributed by atoms with van der Waals surface area (Å²) >= 11 is 0. The maximum atomic E-state index is 12.2. The third-order valence-corrected chi connectivity index (χ3v) is 3.51. The summed E-state index contributed by atoms with van der Waals surface area (Å²) in [5, 5.41) is 3.03. The molecule has 0 spiro atoms. The van der Waals surface area contributed by atoms with Gasteiger partial charge in [0.1, 0.15) is 5.75 Å². The zero-order chi connectivity index (χ0) is 16.0. The van der Waals surface area contributed by atoms with Gasteiger partial charge in [-0.3, -0.25) is 4.79 Å². The molecule has 0 heterocycles. The van der Waals surface area contributed by atoms with Crippen LogP contribution < -0.4 is 15.8 Å². The van der Waals surface area contributed by atoms with Gasteiger partial charge >= 0.3 is 0 Å². The molecule has 118 valence electrons. The van der Waals surface area contributed by atoms with Gasteiger partial charge in [-0.15, -0.1) is 0 Å². The number of hydrogen-bond donors (Lipinski definition) is 2. The Morgan fingerprint density at radius 1 is 1.14 bits per heavy atom. The van der Waals surface area contributed by atoms with Gasteiger partial charge in [-0.2, -0.15) is 0 Å². The summed E-state index contributed by atoms with van der Waals surface area (Å²) in [6, 6.07) is 7.78. The Morgan fingerprint density at radius 2 is 1.71 bits per heavy atom. The van der Waals surface area contributed by atoms with Gasteiger partial charge in [0.2, 0.25) is 5.91 Å². The molecule has 0 aliphatic carbocycles. The monoisotopic (exact) mass is 292 g/mol. The maximum absolute atomic E-state index is 12.2. The van der Waals surface area contributed by atoms with Crippen molar-refractivity contribution in [2.45, 2.75) is 46.8 Å². The van der Waals surface area contributed by atoms with Crippen LogP contribution in [0.15, 0.2) is 24.3 Å². The highest BCUT2D eigenvalue weighted by Gasteiger charge is 2.22. The van der Waals surface area contributed by atoms with Gasteiger partial charge in [0.25, 0.3) is 0 Å². The molecule has 1 amide bonds. The number of ether oxygens (including phenoxy) is 1. The molecule has 4 nitrogen and oxygen atoms in total. The van der Waals surface area contributed by atoms with Crippen LogP contribution in [0.4, 0.5) is 0 Å². The van der Waals surface area contributed by atoms with Gasteiger partial charge in [-0.1, -0.05) is 26.0 Å². The summed E-state index contributed by atoms with van der Waals surface area (Å²) in [5.74, 6) is 0.955. The molecule has 1 rings (SSSR count). The Labute approximate surface area is 128 Å². The average molecular weight is 292 g/mol. The molecule has 4 heteroatoms. The molecular weight excluding hydrogens is 264 g/mol. The Kier molecular flexibility index (Phi) is 6.69. The second kappa shape index (κ2) is 8.03. The standard InChI is InChI=1S/C17H28N2O2/c1-11(2)16(10-18)17(20)19-13(5)14-6-8-15(9-7-14)21-12(3)4/h6-9,11-13,16H,10,18H2,1-5H3,(H,19,20). The summed E-state index contributed by atoms with van der Waals surface area (Å²) in [4.78, 5) is 12.2. The highest BCUT2D eigenvalue weighted by atomic mass is 16.5. The van der Waals surface area contributed by atoms with Crippen LogP contribution in [-0.2, 0) is 4.79 Å². The molecule has 0 saturated heterocycles. The summed E-state index contributed by atoms with van der Waals surface area (Å²) in [5.41, 5.74) is 6.73. The molecule has 0 aliphatic heterocycles. The molecule has 0 aromatic heterocycles. The molecule has 2 unspecified atom stereocenters. The van der Waals surface area contributed by atoms with Crippen molar-refractivity contribution in [3.63, 3.8) is 0 Å². The van der Waals surface area contributed by atoms with Gasteiger partial charge in [-0.25, -0.2) is 0 Å². The van der Waals surface area contributed by atoms with E-state index in [9.17, 15) is 4.79 Å². The van der Waals surface area contributed by atoms with Crippen molar-refractivity contribution in [3.8, 4) is 5.75 Å². The Morgan fingerprint density at radius 3 is 2.14 bits per heavy atom. The normalized spacial score (nSPS) is 14.1. The first-order valence-electron chi connectivity index (χ1n) is 7.62. The summed E-state index contributed by atoms with van der Waals surface area (Å²) in [7, 11) is 0. The Hall–Kier alpha value is -1.55. The number of carbonyl (C=O) groups excluding carboxylic acids is 1. The third-order valence-electron chi connectivity index (χ3n) is 3.51. The number of nitrogens with one attached hydrogen (secondary N) is 1. The van der Waals surface area contributed by atoms with Gasteiger partial charge < -0.3 is 15.8 Å². The maximum Gasteiger partial charge on any atom is 0.225 e. The van der Waals surface area contributed by atoms with E-state index >= 15 is 0 Å². The lowest BCUT2D eigenvalue weighted by molar-refractivity contribution is -0.126. The van der Waals surface area contributed by atoms with Crippen LogP contribution in [0.3, 0.4) is 0 Å². The van der Waals surface area contributed by atoms with Crippen LogP contribution in [0.25, 0.3) is 0 Å². The fourth-order valence-electron chi connectivity index (χ4n) is 2.19. The van der Waals surface area contributed by atoms with Crippen molar-refractivity contribution in [2.24, 2.45) is 17.6 Å². The Bertz CT molecular complexity index is 441. The lowest BCUT2D eigenvalue weighted by Crippen LogP contribution is -2.39. The predicted octanol–water partition coefficient (Wildman–Crippen LogP) is 2.88. The van der Waals surface area contributed by atoms with Crippen LogP contribution in [0.5, 0.6) is 5.75 Å². The minimum Gasteiger partial charge on any atom is -0.491 e. The zero-order valence-electron chi connectivity index (χ0n) is 13.7. The summed E-state index contributed by atoms with van der Waals surface area (Å²) < 4.78 is 5.61. The van der Waals surface area contributed by atoms with Crippen molar-refractivity contribution in [3.05, 3.63) is 29.8 Å². The number of nitrogens with two attached hydrogens (primary N) is 1. The fourth-order valence-corrected chi connectivity index (χ4v) is 2.19. The molecule has 0 fully saturated rings. The average Bonchev–Trinajstić information content (AvgIpc) is 2.38. The van der Waals surface area contributed by atoms with Gasteiger partial charge in [0.05, 0.1) is 18.1 Å². The summed E-state index contributed by atoms with van der Waals surface area (Å²) in [6.45, 7) is 10.4. The van der Waals surface area contributed by atoms with E-state index in [1.54, 1.807) is 0 Å². The zero-order valence-corrected chi connectivity index (χ0v) is 13.7. The van der Waals surface area contributed by atoms with E-state index in [0.29, 0.717) is 6.54 Å². The molecule has 1 aromatic rings. The van der Waals surface area contributed by atoms with Crippen LogP contribution in [0, 0.1) is 11.8 Å². The second-order valence-electron chi connectivity index (χ2n) is 6.05. The van der Waals surface area contributed by atoms with E-state index in [4.69, 9.17) is 10.5 Å². The van der Waals surface area contributed by atoms with Crippen molar-refractivity contribution < 1.29 is 9.53 Å². The molecule has 0 bridgehead atoms. The molecule has 0 saturated carbocycles. The number of hydrogen-bond acceptors (Lipinski definition) is 3. The van der Waals surface area contributed by atoms with E-state index in [-0.39, 0.29) is 29.9 Å². The van der Waals surface area contributed by atoms with E-state index < -0.39 is 0 Å². The number of amides is 1. The molecule has 1 aromatic carbocycles. The van der Waals surface area contributed by atoms with E-state index in [1.807, 2.05) is 58.9 Å². The van der Waals surface area contributed by atoms with Crippen LogP contribution in [0.2, 0.25) is 0 Å². The molecule has 21 heavy (non-hydrogen) atoms. The van der Waals surface area contributed by atoms with Crippen molar-refractivity contribution in [2.75, 3.05) is 6.54 Å². The van der Waals surface area contributed by atoms with Crippen molar-refractivity contribution >= 4 is 5.91 Å². The third kappa shape index (κ3) is 5.38. The Balaban J connectivity index is 2.66. The highest BCUT2D eigenvalue weighted by Crippen LogP contribution is 2.19. The van der Waals surface area contributed by atoms with E-state index in [2.05, 4.69) is 5.32 Å². The minimum atomic E-state index is -0.143. The first kappa shape index (κ1) is 17.5. The number of carbonyl (C=O) groups is 1. The SMILES string of the molecule is CC(C)Oc1ccc(C(C)NC(=O)C(CN)C(C)C)cc1. The first-order chi connectivity index (χ1) is 9.85. The van der Waals surface area contributed by atoms with E-state index in [0.717, 1.165) is 11.3 Å². The van der Waals surface area contributed by atoms with Crippen LogP contribution >= 0.6 is 0 Å². The molecular formula is C17H28N2O2. The van der Waals surface area contributed by atoms with Crippen LogP contribution in [-0.4, -0.2) is 18.6 Å². The van der Waals surface area contributed by atoms with Crippen molar-refractivity contribution in [1.29, 1.82) is 0 Å². The van der Waals surface area contributed by atoms with Gasteiger partial charge in [0.15, 0.2) is 0 Å². The number of benzene rings is 1. The second-order valence-corrected chi connectivity index (χ2v) is 6.05. The summed E-state index contributed by atoms with van der Waals surface area (Å²) in [6.07, 6.45) is 0.157. The van der Waals surface area contributed by atoms with Gasteiger partial charge in [-0.05, 0) is 44.4 Å².